The third kappa shape index (κ3) is 4.60. The van der Waals surface area contributed by atoms with Gasteiger partial charge in [-0.3, -0.25) is 14.9 Å². The summed E-state index contributed by atoms with van der Waals surface area (Å²) in [5, 5.41) is 13.5. The molecule has 2 aromatic rings. The second kappa shape index (κ2) is 8.00. The van der Waals surface area contributed by atoms with Crippen molar-refractivity contribution in [3.63, 3.8) is 0 Å². The summed E-state index contributed by atoms with van der Waals surface area (Å²) in [7, 11) is 3.02. The molecule has 0 radical (unpaired) electrons. The van der Waals surface area contributed by atoms with E-state index in [0.717, 1.165) is 0 Å². The van der Waals surface area contributed by atoms with Gasteiger partial charge in [0.1, 0.15) is 17.2 Å². The van der Waals surface area contributed by atoms with Crippen molar-refractivity contribution in [3.8, 4) is 17.2 Å². The molecular formula is C17H18N2O6. The number of methoxy groups -OCH3 is 2. The molecule has 2 aromatic carbocycles. The van der Waals surface area contributed by atoms with Crippen molar-refractivity contribution in [2.75, 3.05) is 26.1 Å². The Morgan fingerprint density at radius 2 is 1.72 bits per heavy atom. The summed E-state index contributed by atoms with van der Waals surface area (Å²) in [6, 6.07) is 9.40. The molecule has 8 nitrogen and oxygen atoms in total. The molecule has 0 saturated heterocycles. The molecule has 0 aliphatic carbocycles. The number of amides is 1. The summed E-state index contributed by atoms with van der Waals surface area (Å²) in [6.07, 6.45) is 0. The fraction of sp³-hybridized carbons (Fsp3) is 0.235. The van der Waals surface area contributed by atoms with Crippen LogP contribution in [0.1, 0.15) is 5.56 Å². The number of ether oxygens (including phenoxy) is 3. The molecule has 0 unspecified atom stereocenters. The summed E-state index contributed by atoms with van der Waals surface area (Å²) in [5.41, 5.74) is 0.686. The summed E-state index contributed by atoms with van der Waals surface area (Å²) in [6.45, 7) is 1.31. The van der Waals surface area contributed by atoms with Crippen molar-refractivity contribution in [1.82, 2.24) is 0 Å². The predicted octanol–water partition coefficient (Wildman–Crippen LogP) is 2.94. The van der Waals surface area contributed by atoms with Crippen LogP contribution in [0.2, 0.25) is 0 Å². The fourth-order valence-electron chi connectivity index (χ4n) is 2.16. The predicted molar refractivity (Wildman–Crippen MR) is 91.5 cm³/mol. The number of carbonyl (C=O) groups is 1. The van der Waals surface area contributed by atoms with Gasteiger partial charge in [0.2, 0.25) is 0 Å². The van der Waals surface area contributed by atoms with Crippen LogP contribution in [0.15, 0.2) is 36.4 Å². The van der Waals surface area contributed by atoms with Gasteiger partial charge in [0.25, 0.3) is 11.6 Å². The van der Waals surface area contributed by atoms with E-state index in [1.54, 1.807) is 31.2 Å². The molecule has 2 rings (SSSR count). The third-order valence-corrected chi connectivity index (χ3v) is 3.47. The van der Waals surface area contributed by atoms with E-state index in [4.69, 9.17) is 14.2 Å². The highest BCUT2D eigenvalue weighted by molar-refractivity contribution is 5.93. The maximum Gasteiger partial charge on any atom is 0.274 e. The molecule has 1 N–H and O–H groups in total. The second-order valence-electron chi connectivity index (χ2n) is 5.09. The molecule has 132 valence electrons. The van der Waals surface area contributed by atoms with Gasteiger partial charge in [-0.25, -0.2) is 0 Å². The molecule has 0 spiro atoms. The minimum Gasteiger partial charge on any atom is -0.496 e. The molecule has 25 heavy (non-hydrogen) atoms. The van der Waals surface area contributed by atoms with Crippen molar-refractivity contribution >= 4 is 17.3 Å². The number of benzene rings is 2. The molecule has 0 saturated carbocycles. The highest BCUT2D eigenvalue weighted by atomic mass is 16.6. The lowest BCUT2D eigenvalue weighted by Crippen LogP contribution is -2.20. The Morgan fingerprint density at radius 3 is 2.28 bits per heavy atom. The van der Waals surface area contributed by atoms with Gasteiger partial charge < -0.3 is 19.5 Å². The van der Waals surface area contributed by atoms with Gasteiger partial charge in [-0.1, -0.05) is 6.07 Å². The SMILES string of the molecule is COc1cc(OC)cc(OCC(=O)Nc2cccc([N+](=O)[O-])c2C)c1. The number of nitrogens with one attached hydrogen (secondary N) is 1. The Kier molecular flexibility index (Phi) is 5.78. The minimum absolute atomic E-state index is 0.0590. The second-order valence-corrected chi connectivity index (χ2v) is 5.09. The minimum atomic E-state index is -0.496. The van der Waals surface area contributed by atoms with E-state index >= 15 is 0 Å². The van der Waals surface area contributed by atoms with E-state index in [2.05, 4.69) is 5.32 Å². The lowest BCUT2D eigenvalue weighted by molar-refractivity contribution is -0.385. The maximum absolute atomic E-state index is 12.1. The van der Waals surface area contributed by atoms with Crippen molar-refractivity contribution in [2.24, 2.45) is 0 Å². The topological polar surface area (TPSA) is 99.9 Å². The van der Waals surface area contributed by atoms with E-state index in [0.29, 0.717) is 28.5 Å². The van der Waals surface area contributed by atoms with Crippen LogP contribution in [0.25, 0.3) is 0 Å². The van der Waals surface area contributed by atoms with Crippen LogP contribution in [0.5, 0.6) is 17.2 Å². The quantitative estimate of drug-likeness (QED) is 0.611. The fourth-order valence-corrected chi connectivity index (χ4v) is 2.16. The average molecular weight is 346 g/mol. The number of nitrogens with zero attached hydrogens (tertiary/aromatic N) is 1. The number of nitro groups is 1. The molecular weight excluding hydrogens is 328 g/mol. The Labute approximate surface area is 144 Å². The van der Waals surface area contributed by atoms with Crippen LogP contribution in [-0.4, -0.2) is 31.7 Å². The van der Waals surface area contributed by atoms with Gasteiger partial charge in [0, 0.05) is 24.3 Å². The standard InChI is InChI=1S/C17H18N2O6/c1-11-15(5-4-6-16(11)19(21)22)18-17(20)10-25-14-8-12(23-2)7-13(9-14)24-3/h4-9H,10H2,1-3H3,(H,18,20). The molecule has 8 heteroatoms. The first-order valence-corrected chi connectivity index (χ1v) is 7.34. The van der Waals surface area contributed by atoms with Crippen LogP contribution in [0, 0.1) is 17.0 Å². The number of anilines is 1. The molecule has 0 fully saturated rings. The number of nitro benzene ring substituents is 1. The van der Waals surface area contributed by atoms with Gasteiger partial charge in [-0.2, -0.15) is 0 Å². The molecule has 0 heterocycles. The number of carbonyl (C=O) groups excluding carboxylic acids is 1. The Morgan fingerprint density at radius 1 is 1.12 bits per heavy atom. The monoisotopic (exact) mass is 346 g/mol. The van der Waals surface area contributed by atoms with Gasteiger partial charge in [-0.05, 0) is 13.0 Å². The highest BCUT2D eigenvalue weighted by Crippen LogP contribution is 2.28. The Hall–Kier alpha value is -3.29. The van der Waals surface area contributed by atoms with Crippen molar-refractivity contribution < 1.29 is 23.9 Å². The van der Waals surface area contributed by atoms with Crippen molar-refractivity contribution in [1.29, 1.82) is 0 Å². The largest absolute Gasteiger partial charge is 0.496 e. The van der Waals surface area contributed by atoms with Gasteiger partial charge in [0.15, 0.2) is 6.61 Å². The number of hydrogen-bond acceptors (Lipinski definition) is 6. The number of rotatable bonds is 7. The van der Waals surface area contributed by atoms with Gasteiger partial charge in [-0.15, -0.1) is 0 Å². The smallest absolute Gasteiger partial charge is 0.274 e. The van der Waals surface area contributed by atoms with Crippen LogP contribution in [0.4, 0.5) is 11.4 Å². The van der Waals surface area contributed by atoms with E-state index in [9.17, 15) is 14.9 Å². The average Bonchev–Trinajstić information content (AvgIpc) is 2.61. The van der Waals surface area contributed by atoms with Crippen LogP contribution < -0.4 is 19.5 Å². The van der Waals surface area contributed by atoms with Gasteiger partial charge >= 0.3 is 0 Å². The third-order valence-electron chi connectivity index (χ3n) is 3.47. The van der Waals surface area contributed by atoms with Gasteiger partial charge in [0.05, 0.1) is 30.4 Å². The first-order chi connectivity index (χ1) is 11.9. The lowest BCUT2D eigenvalue weighted by Gasteiger charge is -2.11. The zero-order valence-corrected chi connectivity index (χ0v) is 14.1. The first-order valence-electron chi connectivity index (χ1n) is 7.34. The van der Waals surface area contributed by atoms with E-state index in [1.807, 2.05) is 0 Å². The molecule has 0 bridgehead atoms. The van der Waals surface area contributed by atoms with Crippen LogP contribution in [0.3, 0.4) is 0 Å². The molecule has 0 aromatic heterocycles. The summed E-state index contributed by atoms with van der Waals surface area (Å²) < 4.78 is 15.7. The molecule has 0 aliphatic rings. The zero-order chi connectivity index (χ0) is 18.4. The van der Waals surface area contributed by atoms with Crippen LogP contribution >= 0.6 is 0 Å². The molecule has 1 amide bonds. The van der Waals surface area contributed by atoms with E-state index in [-0.39, 0.29) is 12.3 Å². The molecule has 0 aliphatic heterocycles. The molecule has 0 atom stereocenters. The lowest BCUT2D eigenvalue weighted by atomic mass is 10.1. The summed E-state index contributed by atoms with van der Waals surface area (Å²) in [5.74, 6) is 1.03. The Balaban J connectivity index is 2.04. The zero-order valence-electron chi connectivity index (χ0n) is 14.1. The summed E-state index contributed by atoms with van der Waals surface area (Å²) >= 11 is 0. The van der Waals surface area contributed by atoms with Crippen molar-refractivity contribution in [2.45, 2.75) is 6.92 Å². The van der Waals surface area contributed by atoms with E-state index < -0.39 is 10.8 Å². The highest BCUT2D eigenvalue weighted by Gasteiger charge is 2.15. The van der Waals surface area contributed by atoms with Crippen LogP contribution in [-0.2, 0) is 4.79 Å². The maximum atomic E-state index is 12.1. The van der Waals surface area contributed by atoms with E-state index in [1.165, 1.54) is 26.4 Å². The van der Waals surface area contributed by atoms with Crippen molar-refractivity contribution in [3.05, 3.63) is 52.1 Å². The normalized spacial score (nSPS) is 10.0. The summed E-state index contributed by atoms with van der Waals surface area (Å²) in [4.78, 5) is 22.5. The number of hydrogen-bond donors (Lipinski definition) is 1. The Bertz CT molecular complexity index is 768. The first kappa shape index (κ1) is 18.1.